The Labute approximate surface area is 136 Å². The number of hydrogen-bond acceptors (Lipinski definition) is 6. The minimum Gasteiger partial charge on any atom is -0.288 e. The molecule has 4 nitrogen and oxygen atoms in total. The summed E-state index contributed by atoms with van der Waals surface area (Å²) < 4.78 is 0.489. The van der Waals surface area contributed by atoms with E-state index in [1.54, 1.807) is 24.3 Å². The summed E-state index contributed by atoms with van der Waals surface area (Å²) in [6, 6.07) is 10.4. The smallest absolute Gasteiger partial charge is 0.205 e. The molecule has 0 spiro atoms. The van der Waals surface area contributed by atoms with E-state index < -0.39 is 0 Å². The molecule has 7 heteroatoms. The maximum absolute atomic E-state index is 12.4. The average molecular weight is 360 g/mol. The molecule has 1 aromatic carbocycles. The van der Waals surface area contributed by atoms with Crippen LogP contribution in [0.4, 0.5) is 0 Å². The Balaban J connectivity index is 0.00000161. The minimum atomic E-state index is -0.266. The molecule has 1 radical (unpaired) electrons. The molecule has 0 fully saturated rings. The molecule has 21 heavy (non-hydrogen) atoms. The second-order valence-electron chi connectivity index (χ2n) is 3.95. The Hall–Kier alpha value is -2.02. The van der Waals surface area contributed by atoms with Crippen LogP contribution in [0.25, 0.3) is 10.8 Å². The van der Waals surface area contributed by atoms with Gasteiger partial charge in [-0.25, -0.2) is 0 Å². The zero-order valence-corrected chi connectivity index (χ0v) is 12.7. The zero-order chi connectivity index (χ0) is 14.3. The van der Waals surface area contributed by atoms with Crippen molar-refractivity contribution in [3.05, 3.63) is 63.5 Å². The molecular weight excluding hydrogens is 356 g/mol. The SMILES string of the molecule is N#Cc1sc2c(=O)c3ccccc3c(=O)c=2sc1C#N.[Cu]. The summed E-state index contributed by atoms with van der Waals surface area (Å²) in [6.45, 7) is 0. The van der Waals surface area contributed by atoms with Crippen LogP contribution in [0.2, 0.25) is 0 Å². The summed E-state index contributed by atoms with van der Waals surface area (Å²) in [7, 11) is 0. The van der Waals surface area contributed by atoms with Crippen LogP contribution in [-0.4, -0.2) is 0 Å². The van der Waals surface area contributed by atoms with E-state index in [1.807, 2.05) is 12.1 Å². The van der Waals surface area contributed by atoms with Crippen molar-refractivity contribution >= 4 is 33.4 Å². The van der Waals surface area contributed by atoms with E-state index in [2.05, 4.69) is 0 Å². The van der Waals surface area contributed by atoms with Gasteiger partial charge in [0.15, 0.2) is 0 Å². The van der Waals surface area contributed by atoms with E-state index in [0.29, 0.717) is 10.8 Å². The molecule has 105 valence electrons. The first-order valence-corrected chi connectivity index (χ1v) is 7.13. The molecule has 0 saturated heterocycles. The third-order valence-electron chi connectivity index (χ3n) is 2.85. The molecule has 1 aliphatic carbocycles. The van der Waals surface area contributed by atoms with E-state index in [0.717, 1.165) is 22.7 Å². The van der Waals surface area contributed by atoms with Crippen molar-refractivity contribution in [2.75, 3.05) is 0 Å². The number of hydrogen-bond donors (Lipinski definition) is 0. The van der Waals surface area contributed by atoms with Crippen molar-refractivity contribution in [1.82, 2.24) is 0 Å². The topological polar surface area (TPSA) is 81.7 Å². The fourth-order valence-electron chi connectivity index (χ4n) is 1.96. The van der Waals surface area contributed by atoms with Crippen molar-refractivity contribution < 1.29 is 17.1 Å². The normalized spacial score (nSPS) is 9.81. The van der Waals surface area contributed by atoms with Gasteiger partial charge in [0.2, 0.25) is 10.9 Å². The molecule has 0 bridgehead atoms. The quantitative estimate of drug-likeness (QED) is 0.576. The molecule has 0 aromatic heterocycles. The van der Waals surface area contributed by atoms with Crippen LogP contribution >= 0.6 is 22.7 Å². The molecule has 2 aliphatic rings. The van der Waals surface area contributed by atoms with Crippen molar-refractivity contribution in [3.8, 4) is 12.1 Å². The molecule has 0 saturated carbocycles. The van der Waals surface area contributed by atoms with Gasteiger partial charge in [-0.3, -0.25) is 9.59 Å². The maximum Gasteiger partial charge on any atom is 0.205 e. The van der Waals surface area contributed by atoms with Crippen LogP contribution in [0, 0.1) is 31.7 Å². The number of fused-ring (bicyclic) bond motifs is 1. The van der Waals surface area contributed by atoms with E-state index in [1.165, 1.54) is 0 Å². The first-order chi connectivity index (χ1) is 9.67. The third kappa shape index (κ3) is 2.27. The van der Waals surface area contributed by atoms with Crippen molar-refractivity contribution in [1.29, 1.82) is 10.5 Å². The molecule has 1 heterocycles. The van der Waals surface area contributed by atoms with Crippen LogP contribution in [0.3, 0.4) is 0 Å². The van der Waals surface area contributed by atoms with Gasteiger partial charge in [-0.05, 0) is 0 Å². The van der Waals surface area contributed by atoms with Gasteiger partial charge in [0.1, 0.15) is 21.9 Å². The zero-order valence-electron chi connectivity index (χ0n) is 10.1. The second-order valence-corrected chi connectivity index (χ2v) is 5.99. The van der Waals surface area contributed by atoms with Gasteiger partial charge >= 0.3 is 0 Å². The molecular formula is C14H4CuN2O2S2. The van der Waals surface area contributed by atoms with Crippen LogP contribution in [0.15, 0.2) is 33.9 Å². The fourth-order valence-corrected chi connectivity index (χ4v) is 4.01. The Bertz CT molecular complexity index is 1030. The largest absolute Gasteiger partial charge is 0.288 e. The predicted molar refractivity (Wildman–Crippen MR) is 77.0 cm³/mol. The fraction of sp³-hybridized carbons (Fsp3) is 0. The van der Waals surface area contributed by atoms with Gasteiger partial charge in [-0.2, -0.15) is 10.5 Å². The first-order valence-electron chi connectivity index (χ1n) is 5.50. The Morgan fingerprint density at radius 2 is 1.19 bits per heavy atom. The van der Waals surface area contributed by atoms with E-state index >= 15 is 0 Å². The van der Waals surface area contributed by atoms with Gasteiger partial charge in [-0.15, -0.1) is 22.7 Å². The van der Waals surface area contributed by atoms with Crippen molar-refractivity contribution in [2.45, 2.75) is 0 Å². The van der Waals surface area contributed by atoms with Crippen molar-refractivity contribution in [3.63, 3.8) is 0 Å². The Morgan fingerprint density at radius 1 is 0.810 bits per heavy atom. The standard InChI is InChI=1S/C14H4N2O2S2.Cu/c15-5-9-10(6-16)20-14-12(18)8-4-2-1-3-7(8)11(17)13(14)19-9;/h1-4H;. The van der Waals surface area contributed by atoms with Crippen LogP contribution < -0.4 is 10.9 Å². The third-order valence-corrected chi connectivity index (χ3v) is 5.30. The van der Waals surface area contributed by atoms with Gasteiger partial charge in [-0.1, -0.05) is 24.3 Å². The second kappa shape index (κ2) is 5.77. The summed E-state index contributed by atoms with van der Waals surface area (Å²) in [6.07, 6.45) is 0. The van der Waals surface area contributed by atoms with E-state index in [-0.39, 0.29) is 46.7 Å². The monoisotopic (exact) mass is 359 g/mol. The number of rotatable bonds is 0. The van der Waals surface area contributed by atoms with Gasteiger partial charge in [0.05, 0.1) is 9.06 Å². The first kappa shape index (κ1) is 15.4. The Morgan fingerprint density at radius 3 is 1.52 bits per heavy atom. The summed E-state index contributed by atoms with van der Waals surface area (Å²) >= 11 is 1.82. The van der Waals surface area contributed by atoms with Gasteiger partial charge in [0.25, 0.3) is 0 Å². The molecule has 0 unspecified atom stereocenters. The molecule has 0 atom stereocenters. The van der Waals surface area contributed by atoms with Gasteiger partial charge < -0.3 is 0 Å². The average Bonchev–Trinajstić information content (AvgIpc) is 2.51. The molecule has 0 N–H and O–H groups in total. The summed E-state index contributed by atoms with van der Waals surface area (Å²) in [5, 5.41) is 18.7. The molecule has 1 aliphatic heterocycles. The van der Waals surface area contributed by atoms with E-state index in [9.17, 15) is 9.59 Å². The number of nitriles is 2. The predicted octanol–water partition coefficient (Wildman–Crippen LogP) is 2.15. The molecule has 3 rings (SSSR count). The maximum atomic E-state index is 12.4. The number of nitrogens with zero attached hydrogens (tertiary/aromatic N) is 2. The van der Waals surface area contributed by atoms with Gasteiger partial charge in [0, 0.05) is 27.8 Å². The van der Waals surface area contributed by atoms with Crippen LogP contribution in [0.5, 0.6) is 0 Å². The number of benzene rings is 1. The Kier molecular flexibility index (Phi) is 4.22. The summed E-state index contributed by atoms with van der Waals surface area (Å²) in [5.41, 5.74) is -0.533. The van der Waals surface area contributed by atoms with Crippen LogP contribution in [-0.2, 0) is 17.1 Å². The molecule has 0 amide bonds. The summed E-state index contributed by atoms with van der Waals surface area (Å²) in [5.74, 6) is 0. The molecule has 1 aromatic rings. The van der Waals surface area contributed by atoms with Crippen molar-refractivity contribution in [2.24, 2.45) is 0 Å². The van der Waals surface area contributed by atoms with Crippen LogP contribution in [0.1, 0.15) is 9.75 Å². The minimum absolute atomic E-state index is 0. The van der Waals surface area contributed by atoms with E-state index in [4.69, 9.17) is 10.5 Å². The summed E-state index contributed by atoms with van der Waals surface area (Å²) in [4.78, 5) is 25.1.